The van der Waals surface area contributed by atoms with Gasteiger partial charge in [0.2, 0.25) is 0 Å². The topological polar surface area (TPSA) is 0 Å². The van der Waals surface area contributed by atoms with Crippen molar-refractivity contribution in [3.63, 3.8) is 0 Å². The Kier molecular flexibility index (Phi) is 6.63. The van der Waals surface area contributed by atoms with E-state index in [1.807, 2.05) is 0 Å². The first-order valence-electron chi connectivity index (χ1n) is 5.98. The third-order valence-corrected chi connectivity index (χ3v) is 5.60. The Morgan fingerprint density at radius 3 is 2.33 bits per heavy atom. The summed E-state index contributed by atoms with van der Waals surface area (Å²) in [5.74, 6) is 0.369. The Bertz CT molecular complexity index is 389. The molecule has 1 aromatic carbocycles. The van der Waals surface area contributed by atoms with Crippen molar-refractivity contribution in [1.82, 2.24) is 0 Å². The number of halogens is 4. The van der Waals surface area contributed by atoms with Gasteiger partial charge in [0.25, 0.3) is 0 Å². The Morgan fingerprint density at radius 1 is 1.28 bits per heavy atom. The van der Waals surface area contributed by atoms with Gasteiger partial charge < -0.3 is 0 Å². The van der Waals surface area contributed by atoms with Gasteiger partial charge in [-0.15, -0.1) is 0 Å². The minimum atomic E-state index is -0.211. The summed E-state index contributed by atoms with van der Waals surface area (Å²) in [5, 5.41) is 2.15. The number of hydrogen-bond acceptors (Lipinski definition) is 0. The molecule has 0 aliphatic carbocycles. The molecule has 0 aliphatic rings. The van der Waals surface area contributed by atoms with Crippen molar-refractivity contribution in [1.29, 1.82) is 0 Å². The van der Waals surface area contributed by atoms with E-state index in [1.54, 1.807) is 12.1 Å². The van der Waals surface area contributed by atoms with Crippen molar-refractivity contribution in [2.45, 2.75) is 26.7 Å². The van der Waals surface area contributed by atoms with Crippen molar-refractivity contribution < 1.29 is 4.39 Å². The SMILES string of the molecule is CC(C)CC(CBr)(CBr)Cc1ccc(Cl)cc1F. The molecule has 0 saturated heterocycles. The zero-order chi connectivity index (χ0) is 13.8. The standard InChI is InChI=1S/C14H18Br2ClF/c1-10(2)6-14(8-15,9-16)7-11-3-4-12(17)5-13(11)18/h3-5,10H,6-9H2,1-2H3. The Hall–Kier alpha value is 0.400. The molecule has 102 valence electrons. The lowest BCUT2D eigenvalue weighted by atomic mass is 9.78. The first kappa shape index (κ1) is 16.5. The highest BCUT2D eigenvalue weighted by atomic mass is 79.9. The molecular formula is C14H18Br2ClF. The summed E-state index contributed by atoms with van der Waals surface area (Å²) >= 11 is 12.9. The lowest BCUT2D eigenvalue weighted by Gasteiger charge is -2.32. The maximum Gasteiger partial charge on any atom is 0.127 e. The zero-order valence-electron chi connectivity index (χ0n) is 10.6. The normalized spacial score (nSPS) is 12.2. The fourth-order valence-corrected chi connectivity index (χ4v) is 4.19. The van der Waals surface area contributed by atoms with Crippen LogP contribution in [0.4, 0.5) is 4.39 Å². The zero-order valence-corrected chi connectivity index (χ0v) is 14.6. The van der Waals surface area contributed by atoms with Crippen LogP contribution >= 0.6 is 43.5 Å². The van der Waals surface area contributed by atoms with Gasteiger partial charge in [-0.3, -0.25) is 0 Å². The molecule has 0 N–H and O–H groups in total. The average Bonchev–Trinajstić information content (AvgIpc) is 2.31. The molecule has 0 amide bonds. The molecule has 0 heterocycles. The molecule has 1 rings (SSSR count). The lowest BCUT2D eigenvalue weighted by Crippen LogP contribution is -2.30. The van der Waals surface area contributed by atoms with Gasteiger partial charge in [-0.1, -0.05) is 63.4 Å². The van der Waals surface area contributed by atoms with E-state index in [4.69, 9.17) is 11.6 Å². The van der Waals surface area contributed by atoms with Crippen LogP contribution in [0.15, 0.2) is 18.2 Å². The van der Waals surface area contributed by atoms with Crippen LogP contribution in [0.3, 0.4) is 0 Å². The minimum Gasteiger partial charge on any atom is -0.207 e. The molecule has 0 unspecified atom stereocenters. The summed E-state index contributed by atoms with van der Waals surface area (Å²) in [6, 6.07) is 4.93. The third kappa shape index (κ3) is 4.50. The fraction of sp³-hybridized carbons (Fsp3) is 0.571. The third-order valence-electron chi connectivity index (χ3n) is 2.99. The molecule has 0 fully saturated rings. The molecular weight excluding hydrogens is 382 g/mol. The second kappa shape index (κ2) is 7.25. The Labute approximate surface area is 131 Å². The van der Waals surface area contributed by atoms with Gasteiger partial charge >= 0.3 is 0 Å². The summed E-state index contributed by atoms with van der Waals surface area (Å²) in [6.07, 6.45) is 1.76. The summed E-state index contributed by atoms with van der Waals surface area (Å²) in [5.41, 5.74) is 0.780. The minimum absolute atomic E-state index is 0.0445. The monoisotopic (exact) mass is 398 g/mol. The van der Waals surface area contributed by atoms with Crippen LogP contribution in [-0.2, 0) is 6.42 Å². The number of alkyl halides is 2. The lowest BCUT2D eigenvalue weighted by molar-refractivity contribution is 0.301. The summed E-state index contributed by atoms with van der Waals surface area (Å²) in [7, 11) is 0. The molecule has 0 saturated carbocycles. The highest BCUT2D eigenvalue weighted by molar-refractivity contribution is 9.09. The van der Waals surface area contributed by atoms with Crippen LogP contribution < -0.4 is 0 Å². The van der Waals surface area contributed by atoms with Gasteiger partial charge in [-0.05, 0) is 41.9 Å². The van der Waals surface area contributed by atoms with Gasteiger partial charge in [0.1, 0.15) is 5.82 Å². The van der Waals surface area contributed by atoms with Crippen LogP contribution in [0.1, 0.15) is 25.8 Å². The highest BCUT2D eigenvalue weighted by Gasteiger charge is 2.30. The van der Waals surface area contributed by atoms with E-state index >= 15 is 0 Å². The van der Waals surface area contributed by atoms with E-state index in [0.29, 0.717) is 17.4 Å². The molecule has 0 aliphatic heterocycles. The van der Waals surface area contributed by atoms with Gasteiger partial charge in [-0.25, -0.2) is 4.39 Å². The maximum atomic E-state index is 13.9. The van der Waals surface area contributed by atoms with Crippen LogP contribution in [0, 0.1) is 17.2 Å². The predicted molar refractivity (Wildman–Crippen MR) is 84.6 cm³/mol. The second-order valence-electron chi connectivity index (χ2n) is 5.28. The number of hydrogen-bond donors (Lipinski definition) is 0. The van der Waals surface area contributed by atoms with E-state index in [2.05, 4.69) is 45.7 Å². The predicted octanol–water partition coefficient (Wildman–Crippen LogP) is 5.84. The molecule has 1 aromatic rings. The molecule has 0 atom stereocenters. The summed E-state index contributed by atoms with van der Waals surface area (Å²) < 4.78 is 13.9. The molecule has 18 heavy (non-hydrogen) atoms. The second-order valence-corrected chi connectivity index (χ2v) is 6.84. The smallest absolute Gasteiger partial charge is 0.127 e. The van der Waals surface area contributed by atoms with Gasteiger partial charge in [0, 0.05) is 15.7 Å². The first-order chi connectivity index (χ1) is 8.42. The molecule has 0 radical (unpaired) electrons. The van der Waals surface area contributed by atoms with E-state index in [-0.39, 0.29) is 11.2 Å². The van der Waals surface area contributed by atoms with Crippen molar-refractivity contribution >= 4 is 43.5 Å². The van der Waals surface area contributed by atoms with Crippen molar-refractivity contribution in [2.75, 3.05) is 10.7 Å². The average molecular weight is 401 g/mol. The molecule has 0 bridgehead atoms. The van der Waals surface area contributed by atoms with E-state index in [1.165, 1.54) is 6.07 Å². The maximum absolute atomic E-state index is 13.9. The van der Waals surface area contributed by atoms with Gasteiger partial charge in [-0.2, -0.15) is 0 Å². The van der Waals surface area contributed by atoms with Crippen molar-refractivity contribution in [2.24, 2.45) is 11.3 Å². The Morgan fingerprint density at radius 2 is 1.89 bits per heavy atom. The molecule has 0 spiro atoms. The fourth-order valence-electron chi connectivity index (χ4n) is 2.25. The van der Waals surface area contributed by atoms with Crippen LogP contribution in [0.25, 0.3) is 0 Å². The molecule has 0 aromatic heterocycles. The molecule has 4 heteroatoms. The number of benzene rings is 1. The Balaban J connectivity index is 2.95. The first-order valence-corrected chi connectivity index (χ1v) is 8.60. The quantitative estimate of drug-likeness (QED) is 0.526. The number of rotatable bonds is 6. The molecule has 0 nitrogen and oxygen atoms in total. The summed E-state index contributed by atoms with van der Waals surface area (Å²) in [6.45, 7) is 4.39. The van der Waals surface area contributed by atoms with Crippen LogP contribution in [-0.4, -0.2) is 10.7 Å². The van der Waals surface area contributed by atoms with E-state index in [0.717, 1.165) is 22.6 Å². The summed E-state index contributed by atoms with van der Waals surface area (Å²) in [4.78, 5) is 0. The highest BCUT2D eigenvalue weighted by Crippen LogP contribution is 2.35. The van der Waals surface area contributed by atoms with Crippen LogP contribution in [0.5, 0.6) is 0 Å². The van der Waals surface area contributed by atoms with Crippen molar-refractivity contribution in [3.8, 4) is 0 Å². The van der Waals surface area contributed by atoms with Crippen LogP contribution in [0.2, 0.25) is 5.02 Å². The van der Waals surface area contributed by atoms with Crippen molar-refractivity contribution in [3.05, 3.63) is 34.6 Å². The van der Waals surface area contributed by atoms with E-state index < -0.39 is 0 Å². The largest absolute Gasteiger partial charge is 0.207 e. The van der Waals surface area contributed by atoms with Gasteiger partial charge in [0.05, 0.1) is 0 Å². The van der Waals surface area contributed by atoms with E-state index in [9.17, 15) is 4.39 Å². The van der Waals surface area contributed by atoms with Gasteiger partial charge in [0.15, 0.2) is 0 Å².